The molecule has 0 bridgehead atoms. The first-order valence-electron chi connectivity index (χ1n) is 14.1. The Morgan fingerprint density at radius 1 is 0.547 bits per heavy atom. The molecule has 260 valence electrons. The Hall–Kier alpha value is -5.32. The Labute approximate surface area is 343 Å². The number of nitrogens with two attached hydrogens (primary N) is 2. The molecular weight excluding hydrogens is 734 g/mol. The number of anilines is 2. The van der Waals surface area contributed by atoms with Crippen molar-refractivity contribution in [2.24, 2.45) is 40.9 Å². The van der Waals surface area contributed by atoms with E-state index >= 15 is 0 Å². The molecule has 0 amide bonds. The second-order valence-corrected chi connectivity index (χ2v) is 11.6. The van der Waals surface area contributed by atoms with E-state index in [1.54, 1.807) is 0 Å². The van der Waals surface area contributed by atoms with E-state index in [0.29, 0.717) is 11.4 Å². The summed E-state index contributed by atoms with van der Waals surface area (Å²) in [6, 6.07) is 17.9. The summed E-state index contributed by atoms with van der Waals surface area (Å²) in [6.07, 6.45) is 0. The van der Waals surface area contributed by atoms with E-state index in [4.69, 9.17) is 16.6 Å². The summed E-state index contributed by atoms with van der Waals surface area (Å²) >= 11 is 0. The fourth-order valence-electron chi connectivity index (χ4n) is 4.06. The summed E-state index contributed by atoms with van der Waals surface area (Å²) in [5.74, 6) is -3.62. The zero-order valence-electron chi connectivity index (χ0n) is 27.6. The molecule has 22 heteroatoms. The monoisotopic (exact) mass is 758 g/mol. The van der Waals surface area contributed by atoms with Crippen LogP contribution in [0.2, 0.25) is 0 Å². The van der Waals surface area contributed by atoms with Crippen molar-refractivity contribution in [2.45, 2.75) is 4.90 Å². The molecule has 10 N–H and O–H groups in total. The van der Waals surface area contributed by atoms with E-state index < -0.39 is 61.0 Å². The van der Waals surface area contributed by atoms with Crippen LogP contribution in [0.1, 0.15) is 10.4 Å². The number of phenolic OH excluding ortho intramolecular Hbond substituents is 3. The second kappa shape index (κ2) is 17.9. The standard InChI is InChI=1S/C31H24N10O9S.2Na/c32-15-1-7-22(21(33)11-15)37-39-24-13-19(51(48,49)50)14-25(29(24)44)40-38-23-8-10-27(43)28(30(23)45)41-35-17-4-2-16(3-5-17)34-36-18-6-9-26(42)20(12-18)31(46)47;;/h1-14,42-45H,32-33H2,(H,46,47)(H,48,49,50);;. The number of hydrogen-bond donors (Lipinski definition) is 8. The normalized spacial score (nSPS) is 11.6. The number of carbonyl (C=O) groups is 1. The number of hydrogen-bond acceptors (Lipinski definition) is 17. The molecule has 0 aliphatic heterocycles. The Balaban J connectivity index is 0.00000378. The van der Waals surface area contributed by atoms with Crippen molar-refractivity contribution in [1.82, 2.24) is 0 Å². The molecular formula is C31H24N10Na2O9S. The number of aromatic carboxylic acids is 1. The minimum atomic E-state index is -4.83. The van der Waals surface area contributed by atoms with Crippen LogP contribution in [0.5, 0.6) is 23.0 Å². The van der Waals surface area contributed by atoms with Crippen LogP contribution >= 0.6 is 0 Å². The maximum absolute atomic E-state index is 11.9. The summed E-state index contributed by atoms with van der Waals surface area (Å²) in [5.41, 5.74) is 11.0. The Morgan fingerprint density at radius 3 is 1.60 bits per heavy atom. The van der Waals surface area contributed by atoms with Crippen molar-refractivity contribution in [3.05, 3.63) is 90.5 Å². The van der Waals surface area contributed by atoms with Gasteiger partial charge in [0.1, 0.15) is 39.8 Å². The van der Waals surface area contributed by atoms with Crippen LogP contribution < -0.4 is 11.5 Å². The van der Waals surface area contributed by atoms with Crippen molar-refractivity contribution >= 4 is 132 Å². The number of nitrogen functional groups attached to an aromatic ring is 2. The number of carboxylic acids is 1. The van der Waals surface area contributed by atoms with Crippen molar-refractivity contribution in [3.8, 4) is 23.0 Å². The van der Waals surface area contributed by atoms with E-state index in [0.717, 1.165) is 30.3 Å². The van der Waals surface area contributed by atoms with Crippen LogP contribution in [0, 0.1) is 0 Å². The average molecular weight is 759 g/mol. The Bertz CT molecular complexity index is 2410. The van der Waals surface area contributed by atoms with Crippen LogP contribution in [0.4, 0.5) is 56.9 Å². The molecule has 0 aliphatic rings. The van der Waals surface area contributed by atoms with Crippen molar-refractivity contribution < 1.29 is 43.3 Å². The molecule has 0 fully saturated rings. The van der Waals surface area contributed by atoms with Crippen LogP contribution in [0.25, 0.3) is 0 Å². The molecule has 0 spiro atoms. The van der Waals surface area contributed by atoms with Gasteiger partial charge in [-0.05, 0) is 84.9 Å². The molecule has 2 radical (unpaired) electrons. The first-order valence-corrected chi connectivity index (χ1v) is 15.5. The van der Waals surface area contributed by atoms with Gasteiger partial charge in [0, 0.05) is 64.8 Å². The van der Waals surface area contributed by atoms with E-state index in [-0.39, 0.29) is 93.1 Å². The van der Waals surface area contributed by atoms with Gasteiger partial charge in [-0.15, -0.1) is 25.6 Å². The molecule has 0 unspecified atom stereocenters. The minimum absolute atomic E-state index is 0. The fourth-order valence-corrected chi connectivity index (χ4v) is 4.59. The third-order valence-corrected chi connectivity index (χ3v) is 7.47. The van der Waals surface area contributed by atoms with E-state index in [9.17, 15) is 38.2 Å². The summed E-state index contributed by atoms with van der Waals surface area (Å²) < 4.78 is 33.5. The number of phenols is 4. The van der Waals surface area contributed by atoms with Gasteiger partial charge < -0.3 is 37.0 Å². The Kier molecular flexibility index (Phi) is 14.3. The summed E-state index contributed by atoms with van der Waals surface area (Å²) in [6.45, 7) is 0. The van der Waals surface area contributed by atoms with Gasteiger partial charge >= 0.3 is 5.97 Å². The van der Waals surface area contributed by atoms with Gasteiger partial charge in [-0.3, -0.25) is 4.55 Å². The third kappa shape index (κ3) is 10.6. The van der Waals surface area contributed by atoms with Gasteiger partial charge in [-0.25, -0.2) is 4.79 Å². The van der Waals surface area contributed by atoms with Crippen LogP contribution in [-0.4, -0.2) is 104 Å². The number of rotatable bonds is 10. The molecule has 19 nitrogen and oxygen atoms in total. The SMILES string of the molecule is Nc1ccc(N=Nc2cc(S(=O)(=O)O)cc(N=Nc3ccc(O)c(N=Nc4ccc(N=Nc5ccc(O)c(C(=O)O)c5)cc4)c3O)c2O)c(N)c1.[Na].[Na]. The summed E-state index contributed by atoms with van der Waals surface area (Å²) in [4.78, 5) is 10.5. The molecule has 0 aromatic heterocycles. The van der Waals surface area contributed by atoms with E-state index in [2.05, 4.69) is 40.9 Å². The van der Waals surface area contributed by atoms with Crippen LogP contribution in [0.15, 0.2) is 131 Å². The number of carboxylic acid groups (broad SMARTS) is 1. The first kappa shape index (κ1) is 42.1. The number of aromatic hydroxyl groups is 4. The molecule has 0 saturated carbocycles. The summed E-state index contributed by atoms with van der Waals surface area (Å²) in [7, 11) is -4.83. The summed E-state index contributed by atoms with van der Waals surface area (Å²) in [5, 5.41) is 81.8. The predicted octanol–water partition coefficient (Wildman–Crippen LogP) is 7.52. The maximum Gasteiger partial charge on any atom is 0.339 e. The maximum atomic E-state index is 11.9. The van der Waals surface area contributed by atoms with Gasteiger partial charge in [0.05, 0.1) is 27.6 Å². The van der Waals surface area contributed by atoms with Crippen molar-refractivity contribution in [1.29, 1.82) is 0 Å². The van der Waals surface area contributed by atoms with E-state index in [1.807, 2.05) is 0 Å². The first-order chi connectivity index (χ1) is 24.2. The number of benzene rings is 5. The van der Waals surface area contributed by atoms with Gasteiger partial charge in [0.25, 0.3) is 10.1 Å². The average Bonchev–Trinajstić information content (AvgIpc) is 3.08. The smallest absolute Gasteiger partial charge is 0.339 e. The Morgan fingerprint density at radius 2 is 1.04 bits per heavy atom. The van der Waals surface area contributed by atoms with Crippen molar-refractivity contribution in [3.63, 3.8) is 0 Å². The van der Waals surface area contributed by atoms with Gasteiger partial charge in [-0.1, -0.05) is 0 Å². The van der Waals surface area contributed by atoms with Crippen molar-refractivity contribution in [2.75, 3.05) is 11.5 Å². The van der Waals surface area contributed by atoms with E-state index in [1.165, 1.54) is 54.6 Å². The zero-order valence-corrected chi connectivity index (χ0v) is 32.4. The van der Waals surface area contributed by atoms with Crippen LogP contribution in [-0.2, 0) is 10.1 Å². The number of azo groups is 4. The molecule has 5 aromatic rings. The molecule has 0 saturated heterocycles. The molecule has 0 atom stereocenters. The van der Waals surface area contributed by atoms with Crippen LogP contribution in [0.3, 0.4) is 0 Å². The second-order valence-electron chi connectivity index (χ2n) is 10.2. The number of nitrogens with zero attached hydrogens (tertiary/aromatic N) is 8. The quantitative estimate of drug-likeness (QED) is 0.0298. The fraction of sp³-hybridized carbons (Fsp3) is 0. The molecule has 0 heterocycles. The van der Waals surface area contributed by atoms with Gasteiger partial charge in [-0.2, -0.15) is 23.8 Å². The van der Waals surface area contributed by atoms with Gasteiger partial charge in [0.15, 0.2) is 17.2 Å². The molecule has 5 rings (SSSR count). The predicted molar refractivity (Wildman–Crippen MR) is 193 cm³/mol. The third-order valence-electron chi connectivity index (χ3n) is 6.64. The molecule has 53 heavy (non-hydrogen) atoms. The minimum Gasteiger partial charge on any atom is -0.507 e. The van der Waals surface area contributed by atoms with Gasteiger partial charge in [0.2, 0.25) is 0 Å². The zero-order chi connectivity index (χ0) is 36.9. The molecule has 5 aromatic carbocycles. The largest absolute Gasteiger partial charge is 0.507 e. The topological polar surface area (TPSA) is 324 Å². The molecule has 0 aliphatic carbocycles.